The number of H-pyrrole nitrogens is 1. The van der Waals surface area contributed by atoms with Crippen molar-refractivity contribution >= 4 is 11.9 Å². The SMILES string of the molecule is O=C(O)c1ccc(CNC(=O)c2[nH]c(-c3ccoc3)cc2-c2ccc(O)cc2)cc1. The van der Waals surface area contributed by atoms with Gasteiger partial charge in [-0.3, -0.25) is 4.79 Å². The predicted octanol–water partition coefficient (Wildman–Crippen LogP) is 4.28. The zero-order valence-corrected chi connectivity index (χ0v) is 15.8. The van der Waals surface area contributed by atoms with Crippen molar-refractivity contribution in [2.75, 3.05) is 0 Å². The fraction of sp³-hybridized carbons (Fsp3) is 0.0435. The number of aromatic hydroxyl groups is 1. The quantitative estimate of drug-likeness (QED) is 0.384. The number of carbonyl (C=O) groups excluding carboxylic acids is 1. The Balaban J connectivity index is 1.60. The van der Waals surface area contributed by atoms with Crippen LogP contribution in [0, 0.1) is 0 Å². The lowest BCUT2D eigenvalue weighted by Crippen LogP contribution is -2.23. The fourth-order valence-electron chi connectivity index (χ4n) is 3.11. The highest BCUT2D eigenvalue weighted by molar-refractivity contribution is 6.00. The summed E-state index contributed by atoms with van der Waals surface area (Å²) < 4.78 is 5.14. The van der Waals surface area contributed by atoms with Crippen LogP contribution in [0.2, 0.25) is 0 Å². The number of amides is 1. The Morgan fingerprint density at radius 1 is 0.967 bits per heavy atom. The summed E-state index contributed by atoms with van der Waals surface area (Å²) in [5.74, 6) is -1.17. The van der Waals surface area contributed by atoms with E-state index in [-0.39, 0.29) is 23.8 Å². The number of carboxylic acid groups (broad SMARTS) is 1. The number of carboxylic acids is 1. The van der Waals surface area contributed by atoms with Crippen molar-refractivity contribution in [3.63, 3.8) is 0 Å². The third-order valence-electron chi connectivity index (χ3n) is 4.71. The molecule has 7 nitrogen and oxygen atoms in total. The summed E-state index contributed by atoms with van der Waals surface area (Å²) in [6, 6.07) is 16.6. The molecule has 0 atom stereocenters. The van der Waals surface area contributed by atoms with Crippen molar-refractivity contribution in [1.29, 1.82) is 0 Å². The first-order valence-corrected chi connectivity index (χ1v) is 9.16. The molecule has 0 bridgehead atoms. The molecule has 0 aliphatic carbocycles. The second kappa shape index (κ2) is 8.00. The number of hydrogen-bond donors (Lipinski definition) is 4. The zero-order valence-electron chi connectivity index (χ0n) is 15.8. The number of furan rings is 1. The van der Waals surface area contributed by atoms with Crippen LogP contribution in [-0.4, -0.2) is 27.1 Å². The smallest absolute Gasteiger partial charge is 0.335 e. The van der Waals surface area contributed by atoms with E-state index in [1.807, 2.05) is 6.07 Å². The molecule has 0 aliphatic heterocycles. The highest BCUT2D eigenvalue weighted by atomic mass is 16.4. The van der Waals surface area contributed by atoms with E-state index in [0.717, 1.165) is 22.4 Å². The van der Waals surface area contributed by atoms with Crippen molar-refractivity contribution in [3.8, 4) is 28.1 Å². The number of benzene rings is 2. The topological polar surface area (TPSA) is 116 Å². The number of carbonyl (C=O) groups is 2. The van der Waals surface area contributed by atoms with E-state index in [2.05, 4.69) is 10.3 Å². The maximum atomic E-state index is 12.9. The maximum absolute atomic E-state index is 12.9. The van der Waals surface area contributed by atoms with Gasteiger partial charge in [0, 0.05) is 23.4 Å². The van der Waals surface area contributed by atoms with E-state index in [0.29, 0.717) is 11.3 Å². The van der Waals surface area contributed by atoms with Gasteiger partial charge in [-0.1, -0.05) is 24.3 Å². The van der Waals surface area contributed by atoms with Crippen LogP contribution >= 0.6 is 0 Å². The van der Waals surface area contributed by atoms with Crippen LogP contribution in [-0.2, 0) is 6.54 Å². The first-order valence-electron chi connectivity index (χ1n) is 9.16. The van der Waals surface area contributed by atoms with Crippen LogP contribution in [0.3, 0.4) is 0 Å². The molecule has 1 amide bonds. The molecule has 2 aromatic heterocycles. The molecule has 0 spiro atoms. The van der Waals surface area contributed by atoms with Gasteiger partial charge in [-0.25, -0.2) is 4.79 Å². The standard InChI is InChI=1S/C23H18N2O5/c26-18-7-5-15(6-8-18)19-11-20(17-9-10-30-13-17)25-21(19)22(27)24-12-14-1-3-16(4-2-14)23(28)29/h1-11,13,25-26H,12H2,(H,24,27)(H,28,29). The molecule has 0 unspecified atom stereocenters. The molecule has 150 valence electrons. The summed E-state index contributed by atoms with van der Waals surface area (Å²) in [6.07, 6.45) is 3.13. The monoisotopic (exact) mass is 402 g/mol. The Morgan fingerprint density at radius 2 is 1.70 bits per heavy atom. The number of aromatic carboxylic acids is 1. The van der Waals surface area contributed by atoms with Crippen LogP contribution in [0.25, 0.3) is 22.4 Å². The zero-order chi connectivity index (χ0) is 21.1. The molecule has 4 aromatic rings. The average Bonchev–Trinajstić information content (AvgIpc) is 3.43. The highest BCUT2D eigenvalue weighted by Crippen LogP contribution is 2.31. The first-order chi connectivity index (χ1) is 14.5. The maximum Gasteiger partial charge on any atom is 0.335 e. The van der Waals surface area contributed by atoms with E-state index in [9.17, 15) is 14.7 Å². The van der Waals surface area contributed by atoms with Crippen LogP contribution < -0.4 is 5.32 Å². The second-order valence-corrected chi connectivity index (χ2v) is 6.72. The van der Waals surface area contributed by atoms with Crippen LogP contribution in [0.15, 0.2) is 77.6 Å². The minimum absolute atomic E-state index is 0.139. The second-order valence-electron chi connectivity index (χ2n) is 6.72. The number of hydrogen-bond acceptors (Lipinski definition) is 4. The summed E-state index contributed by atoms with van der Waals surface area (Å²) >= 11 is 0. The summed E-state index contributed by atoms with van der Waals surface area (Å²) in [5, 5.41) is 21.4. The van der Waals surface area contributed by atoms with Gasteiger partial charge in [0.2, 0.25) is 0 Å². The first kappa shape index (κ1) is 19.1. The minimum atomic E-state index is -0.998. The van der Waals surface area contributed by atoms with Gasteiger partial charge in [-0.05, 0) is 47.5 Å². The van der Waals surface area contributed by atoms with Crippen LogP contribution in [0.1, 0.15) is 26.4 Å². The van der Waals surface area contributed by atoms with E-state index in [1.165, 1.54) is 12.1 Å². The summed E-state index contributed by atoms with van der Waals surface area (Å²) in [7, 11) is 0. The Hall–Kier alpha value is -4.26. The lowest BCUT2D eigenvalue weighted by atomic mass is 10.0. The molecule has 7 heteroatoms. The summed E-state index contributed by atoms with van der Waals surface area (Å²) in [5.41, 5.74) is 4.33. The van der Waals surface area contributed by atoms with Gasteiger partial charge < -0.3 is 24.9 Å². The Kier molecular flexibility index (Phi) is 5.09. The van der Waals surface area contributed by atoms with Crippen molar-refractivity contribution in [2.45, 2.75) is 6.54 Å². The number of nitrogens with one attached hydrogen (secondary N) is 2. The highest BCUT2D eigenvalue weighted by Gasteiger charge is 2.18. The van der Waals surface area contributed by atoms with Crippen molar-refractivity contribution in [3.05, 3.63) is 90.0 Å². The van der Waals surface area contributed by atoms with Crippen LogP contribution in [0.4, 0.5) is 0 Å². The largest absolute Gasteiger partial charge is 0.508 e. The number of phenolic OH excluding ortho intramolecular Hbond substituents is 1. The molecular weight excluding hydrogens is 384 g/mol. The normalized spacial score (nSPS) is 10.7. The molecular formula is C23H18N2O5. The molecule has 0 fully saturated rings. The molecule has 4 N–H and O–H groups in total. The summed E-state index contributed by atoms with van der Waals surface area (Å²) in [4.78, 5) is 27.0. The molecule has 4 rings (SSSR count). The predicted molar refractivity (Wildman–Crippen MR) is 110 cm³/mol. The van der Waals surface area contributed by atoms with Gasteiger partial charge in [0.05, 0.1) is 18.1 Å². The number of rotatable bonds is 6. The van der Waals surface area contributed by atoms with Crippen LogP contribution in [0.5, 0.6) is 5.75 Å². The van der Waals surface area contributed by atoms with E-state index in [4.69, 9.17) is 9.52 Å². The van der Waals surface area contributed by atoms with Gasteiger partial charge >= 0.3 is 5.97 Å². The number of aromatic amines is 1. The molecule has 2 heterocycles. The molecule has 0 aliphatic rings. The molecule has 0 saturated carbocycles. The Bertz CT molecular complexity index is 1170. The number of aromatic nitrogens is 1. The molecule has 30 heavy (non-hydrogen) atoms. The van der Waals surface area contributed by atoms with E-state index < -0.39 is 5.97 Å². The molecule has 0 saturated heterocycles. The third kappa shape index (κ3) is 3.95. The number of phenols is 1. The van der Waals surface area contributed by atoms with Crippen molar-refractivity contribution in [1.82, 2.24) is 10.3 Å². The van der Waals surface area contributed by atoms with Crippen molar-refractivity contribution < 1.29 is 24.2 Å². The average molecular weight is 402 g/mol. The Morgan fingerprint density at radius 3 is 2.33 bits per heavy atom. The minimum Gasteiger partial charge on any atom is -0.508 e. The Labute approximate surface area is 171 Å². The molecule has 2 aromatic carbocycles. The van der Waals surface area contributed by atoms with Crippen molar-refractivity contribution in [2.24, 2.45) is 0 Å². The van der Waals surface area contributed by atoms with E-state index >= 15 is 0 Å². The van der Waals surface area contributed by atoms with Gasteiger partial charge in [0.1, 0.15) is 11.4 Å². The third-order valence-corrected chi connectivity index (χ3v) is 4.71. The lowest BCUT2D eigenvalue weighted by Gasteiger charge is -2.07. The van der Waals surface area contributed by atoms with E-state index in [1.54, 1.807) is 55.0 Å². The lowest BCUT2D eigenvalue weighted by molar-refractivity contribution is 0.0696. The summed E-state index contributed by atoms with van der Waals surface area (Å²) in [6.45, 7) is 0.244. The van der Waals surface area contributed by atoms with Gasteiger partial charge in [0.15, 0.2) is 0 Å². The molecule has 0 radical (unpaired) electrons. The van der Waals surface area contributed by atoms with Gasteiger partial charge in [0.25, 0.3) is 5.91 Å². The van der Waals surface area contributed by atoms with Gasteiger partial charge in [-0.15, -0.1) is 0 Å². The van der Waals surface area contributed by atoms with Gasteiger partial charge in [-0.2, -0.15) is 0 Å². The fourth-order valence-corrected chi connectivity index (χ4v) is 3.11.